The summed E-state index contributed by atoms with van der Waals surface area (Å²) in [5.74, 6) is -0.0357. The number of carbonyl (C=O) groups is 1. The van der Waals surface area contributed by atoms with Crippen LogP contribution in [-0.4, -0.2) is 34.9 Å². The van der Waals surface area contributed by atoms with Crippen LogP contribution in [0.4, 0.5) is 0 Å². The lowest BCUT2D eigenvalue weighted by atomic mass is 10.0. The maximum Gasteiger partial charge on any atom is 0.220 e. The largest absolute Gasteiger partial charge is 0.394 e. The minimum atomic E-state index is -0.648. The summed E-state index contributed by atoms with van der Waals surface area (Å²) in [5, 5.41) is 22.7. The van der Waals surface area contributed by atoms with Crippen LogP contribution in [0, 0.1) is 0 Å². The molecule has 0 spiro atoms. The highest BCUT2D eigenvalue weighted by Gasteiger charge is 2.19. The lowest BCUT2D eigenvalue weighted by Gasteiger charge is -2.22. The molecule has 1 amide bonds. The van der Waals surface area contributed by atoms with Crippen molar-refractivity contribution in [3.05, 3.63) is 0 Å². The zero-order valence-electron chi connectivity index (χ0n) is 25.3. The van der Waals surface area contributed by atoms with Gasteiger partial charge in [-0.2, -0.15) is 0 Å². The van der Waals surface area contributed by atoms with Gasteiger partial charge in [0, 0.05) is 6.42 Å². The first-order valence-electron chi connectivity index (χ1n) is 16.7. The fourth-order valence-electron chi connectivity index (χ4n) is 5.24. The molecule has 0 aliphatic rings. The van der Waals surface area contributed by atoms with Gasteiger partial charge >= 0.3 is 0 Å². The molecule has 0 heterocycles. The SMILES string of the molecule is CCCCCCCCCCCCCCCCCCCCCCC(=O)NC(CO)C(O)CCCCCCC. The number of amides is 1. The fourth-order valence-corrected chi connectivity index (χ4v) is 5.24. The Morgan fingerprint density at radius 1 is 0.541 bits per heavy atom. The average Bonchev–Trinajstić information content (AvgIpc) is 2.90. The molecule has 0 saturated carbocycles. The van der Waals surface area contributed by atoms with Crippen LogP contribution in [0.25, 0.3) is 0 Å². The van der Waals surface area contributed by atoms with Gasteiger partial charge in [-0.15, -0.1) is 0 Å². The van der Waals surface area contributed by atoms with Crippen molar-refractivity contribution in [1.29, 1.82) is 0 Å². The van der Waals surface area contributed by atoms with E-state index in [4.69, 9.17) is 0 Å². The van der Waals surface area contributed by atoms with Crippen LogP contribution in [0.1, 0.15) is 187 Å². The van der Waals surface area contributed by atoms with Gasteiger partial charge in [-0.3, -0.25) is 4.79 Å². The van der Waals surface area contributed by atoms with E-state index in [0.717, 1.165) is 25.7 Å². The van der Waals surface area contributed by atoms with Crippen LogP contribution in [0.2, 0.25) is 0 Å². The summed E-state index contributed by atoms with van der Waals surface area (Å²) in [6, 6.07) is -0.524. The van der Waals surface area contributed by atoms with Crippen LogP contribution in [-0.2, 0) is 4.79 Å². The molecule has 2 atom stereocenters. The molecule has 0 aromatic carbocycles. The first kappa shape index (κ1) is 36.4. The Morgan fingerprint density at radius 2 is 0.865 bits per heavy atom. The van der Waals surface area contributed by atoms with Crippen LogP contribution in [0.3, 0.4) is 0 Å². The summed E-state index contributed by atoms with van der Waals surface area (Å²) >= 11 is 0. The second-order valence-electron chi connectivity index (χ2n) is 11.6. The van der Waals surface area contributed by atoms with Crippen molar-refractivity contribution in [2.75, 3.05) is 6.61 Å². The van der Waals surface area contributed by atoms with Crippen LogP contribution < -0.4 is 5.32 Å². The first-order valence-corrected chi connectivity index (χ1v) is 16.7. The van der Waals surface area contributed by atoms with Crippen LogP contribution >= 0.6 is 0 Å². The molecule has 0 aliphatic heterocycles. The second-order valence-corrected chi connectivity index (χ2v) is 11.6. The molecule has 0 aromatic rings. The Labute approximate surface area is 232 Å². The van der Waals surface area contributed by atoms with Gasteiger partial charge in [-0.05, 0) is 12.8 Å². The third-order valence-electron chi connectivity index (χ3n) is 7.87. The molecular formula is C33H67NO3. The highest BCUT2D eigenvalue weighted by atomic mass is 16.3. The smallest absolute Gasteiger partial charge is 0.220 e. The third kappa shape index (κ3) is 26.8. The van der Waals surface area contributed by atoms with E-state index in [1.54, 1.807) is 0 Å². The molecule has 0 aliphatic carbocycles. The Balaban J connectivity index is 3.40. The van der Waals surface area contributed by atoms with E-state index < -0.39 is 12.1 Å². The molecule has 4 nitrogen and oxygen atoms in total. The molecule has 0 aromatic heterocycles. The van der Waals surface area contributed by atoms with Gasteiger partial charge in [0.15, 0.2) is 0 Å². The number of nitrogens with one attached hydrogen (secondary N) is 1. The van der Waals surface area contributed by atoms with Gasteiger partial charge in [0.2, 0.25) is 5.91 Å². The monoisotopic (exact) mass is 526 g/mol. The molecule has 0 rings (SSSR count). The number of hydrogen-bond donors (Lipinski definition) is 3. The van der Waals surface area contributed by atoms with Crippen molar-refractivity contribution < 1.29 is 15.0 Å². The van der Waals surface area contributed by atoms with E-state index >= 15 is 0 Å². The number of hydrogen-bond acceptors (Lipinski definition) is 3. The van der Waals surface area contributed by atoms with Gasteiger partial charge in [0.05, 0.1) is 18.8 Å². The quantitative estimate of drug-likeness (QED) is 0.0818. The summed E-state index contributed by atoms with van der Waals surface area (Å²) in [6.07, 6.45) is 33.2. The van der Waals surface area contributed by atoms with Gasteiger partial charge < -0.3 is 15.5 Å². The van der Waals surface area contributed by atoms with Gasteiger partial charge in [0.25, 0.3) is 0 Å². The molecule has 4 heteroatoms. The minimum Gasteiger partial charge on any atom is -0.394 e. The lowest BCUT2D eigenvalue weighted by Crippen LogP contribution is -2.45. The Bertz CT molecular complexity index is 457. The summed E-state index contributed by atoms with van der Waals surface area (Å²) < 4.78 is 0. The molecule has 0 bridgehead atoms. The third-order valence-corrected chi connectivity index (χ3v) is 7.87. The number of rotatable bonds is 30. The average molecular weight is 526 g/mol. The molecule has 0 radical (unpaired) electrons. The van der Waals surface area contributed by atoms with Crippen molar-refractivity contribution in [3.63, 3.8) is 0 Å². The summed E-state index contributed by atoms with van der Waals surface area (Å²) in [7, 11) is 0. The summed E-state index contributed by atoms with van der Waals surface area (Å²) in [6.45, 7) is 4.28. The molecule has 0 fully saturated rings. The molecular weight excluding hydrogens is 458 g/mol. The highest BCUT2D eigenvalue weighted by molar-refractivity contribution is 5.76. The maximum absolute atomic E-state index is 12.2. The van der Waals surface area contributed by atoms with Gasteiger partial charge in [-0.1, -0.05) is 168 Å². The Morgan fingerprint density at radius 3 is 1.22 bits per heavy atom. The topological polar surface area (TPSA) is 69.6 Å². The van der Waals surface area contributed by atoms with Gasteiger partial charge in [-0.25, -0.2) is 0 Å². The summed E-state index contributed by atoms with van der Waals surface area (Å²) in [5.41, 5.74) is 0. The van der Waals surface area contributed by atoms with Crippen molar-refractivity contribution in [1.82, 2.24) is 5.32 Å². The van der Waals surface area contributed by atoms with Crippen molar-refractivity contribution in [2.24, 2.45) is 0 Å². The van der Waals surface area contributed by atoms with Crippen molar-refractivity contribution in [3.8, 4) is 0 Å². The molecule has 3 N–H and O–H groups in total. The molecule has 222 valence electrons. The zero-order chi connectivity index (χ0) is 27.2. The molecule has 0 saturated heterocycles. The number of carbonyl (C=O) groups excluding carboxylic acids is 1. The standard InChI is InChI=1S/C33H67NO3/c1-3-5-7-9-10-11-12-13-14-15-16-17-18-19-20-21-22-23-25-27-29-33(37)34-31(30-35)32(36)28-26-24-8-6-4-2/h31-32,35-36H,3-30H2,1-2H3,(H,34,37). The minimum absolute atomic E-state index is 0.0357. The lowest BCUT2D eigenvalue weighted by molar-refractivity contribution is -0.123. The first-order chi connectivity index (χ1) is 18.2. The fraction of sp³-hybridized carbons (Fsp3) is 0.970. The zero-order valence-corrected chi connectivity index (χ0v) is 25.3. The summed E-state index contributed by atoms with van der Waals surface area (Å²) in [4.78, 5) is 12.2. The van der Waals surface area contributed by atoms with E-state index in [1.165, 1.54) is 135 Å². The van der Waals surface area contributed by atoms with Crippen LogP contribution in [0.5, 0.6) is 0 Å². The van der Waals surface area contributed by atoms with E-state index in [-0.39, 0.29) is 12.5 Å². The van der Waals surface area contributed by atoms with Crippen molar-refractivity contribution >= 4 is 5.91 Å². The van der Waals surface area contributed by atoms with E-state index in [2.05, 4.69) is 19.2 Å². The number of aliphatic hydroxyl groups excluding tert-OH is 2. The second kappa shape index (κ2) is 29.9. The molecule has 37 heavy (non-hydrogen) atoms. The van der Waals surface area contributed by atoms with E-state index in [0.29, 0.717) is 12.8 Å². The van der Waals surface area contributed by atoms with Crippen LogP contribution in [0.15, 0.2) is 0 Å². The highest BCUT2D eigenvalue weighted by Crippen LogP contribution is 2.15. The maximum atomic E-state index is 12.2. The van der Waals surface area contributed by atoms with E-state index in [1.807, 2.05) is 0 Å². The van der Waals surface area contributed by atoms with Crippen molar-refractivity contribution in [2.45, 2.75) is 199 Å². The molecule has 2 unspecified atom stereocenters. The predicted octanol–water partition coefficient (Wildman–Crippen LogP) is 9.40. The van der Waals surface area contributed by atoms with E-state index in [9.17, 15) is 15.0 Å². The van der Waals surface area contributed by atoms with Gasteiger partial charge in [0.1, 0.15) is 0 Å². The number of aliphatic hydroxyl groups is 2. The predicted molar refractivity (Wildman–Crippen MR) is 161 cm³/mol. The normalized spacial score (nSPS) is 13.1. The Kier molecular flexibility index (Phi) is 29.4. The Hall–Kier alpha value is -0.610. The number of unbranched alkanes of at least 4 members (excludes halogenated alkanes) is 23.